The molecule has 1 aliphatic heterocycles. The molecule has 0 spiro atoms. The average Bonchev–Trinajstić information content (AvgIpc) is 2.40. The topological polar surface area (TPSA) is 50.5 Å². The summed E-state index contributed by atoms with van der Waals surface area (Å²) < 4.78 is 18.5. The summed E-state index contributed by atoms with van der Waals surface area (Å²) in [6, 6.07) is 4.25. The Bertz CT molecular complexity index is 394. The summed E-state index contributed by atoms with van der Waals surface area (Å²) >= 11 is 0. The number of nitrogens with two attached hydrogens (primary N) is 1. The molecule has 0 amide bonds. The van der Waals surface area contributed by atoms with Gasteiger partial charge in [0, 0.05) is 44.3 Å². The molecule has 0 radical (unpaired) electrons. The van der Waals surface area contributed by atoms with Gasteiger partial charge in [-0.1, -0.05) is 0 Å². The van der Waals surface area contributed by atoms with Crippen LogP contribution in [0.2, 0.25) is 0 Å². The minimum atomic E-state index is -0.276. The molecule has 1 saturated heterocycles. The number of ether oxygens (including phenoxy) is 1. The summed E-state index contributed by atoms with van der Waals surface area (Å²) in [5, 5.41) is 3.29. The molecule has 100 valence electrons. The fraction of sp³-hybridized carbons (Fsp3) is 0.538. The second kappa shape index (κ2) is 6.13. The molecule has 1 aliphatic rings. The predicted octanol–water partition coefficient (Wildman–Crippen LogP) is 0.739. The minimum absolute atomic E-state index is 0.228. The monoisotopic (exact) mass is 253 g/mol. The second-order valence-corrected chi connectivity index (χ2v) is 4.54. The Labute approximate surface area is 107 Å². The minimum Gasteiger partial charge on any atom is -0.496 e. The molecule has 0 saturated carbocycles. The first-order chi connectivity index (χ1) is 8.70. The zero-order chi connectivity index (χ0) is 13.0. The molecular weight excluding hydrogens is 233 g/mol. The molecule has 1 aromatic carbocycles. The molecule has 1 atom stereocenters. The summed E-state index contributed by atoms with van der Waals surface area (Å²) in [7, 11) is 1.58. The van der Waals surface area contributed by atoms with Crippen LogP contribution in [0, 0.1) is 5.82 Å². The van der Waals surface area contributed by atoms with Crippen LogP contribution in [0.4, 0.5) is 4.39 Å². The molecule has 1 aromatic rings. The summed E-state index contributed by atoms with van der Waals surface area (Å²) in [5.41, 5.74) is 6.89. The fourth-order valence-corrected chi connectivity index (χ4v) is 2.27. The Morgan fingerprint density at radius 2 is 2.17 bits per heavy atom. The number of hydrogen-bond donors (Lipinski definition) is 2. The van der Waals surface area contributed by atoms with Gasteiger partial charge in [-0.2, -0.15) is 0 Å². The first kappa shape index (κ1) is 13.3. The van der Waals surface area contributed by atoms with Gasteiger partial charge in [-0.05, 0) is 18.2 Å². The first-order valence-electron chi connectivity index (χ1n) is 6.23. The van der Waals surface area contributed by atoms with Crippen molar-refractivity contribution in [2.45, 2.75) is 6.04 Å². The lowest BCUT2D eigenvalue weighted by Gasteiger charge is -2.30. The molecule has 18 heavy (non-hydrogen) atoms. The van der Waals surface area contributed by atoms with E-state index in [2.05, 4.69) is 10.2 Å². The lowest BCUT2D eigenvalue weighted by atomic mass is 10.1. The van der Waals surface area contributed by atoms with Gasteiger partial charge in [0.15, 0.2) is 0 Å². The molecule has 2 rings (SSSR count). The number of rotatable bonds is 4. The molecule has 0 aromatic heterocycles. The van der Waals surface area contributed by atoms with Crippen LogP contribution in [0.5, 0.6) is 5.75 Å². The molecule has 0 aliphatic carbocycles. The highest BCUT2D eigenvalue weighted by Gasteiger charge is 2.18. The van der Waals surface area contributed by atoms with Crippen LogP contribution in [-0.2, 0) is 0 Å². The van der Waals surface area contributed by atoms with E-state index in [1.54, 1.807) is 13.2 Å². The van der Waals surface area contributed by atoms with Gasteiger partial charge < -0.3 is 15.8 Å². The van der Waals surface area contributed by atoms with Gasteiger partial charge in [0.2, 0.25) is 0 Å². The third-order valence-corrected chi connectivity index (χ3v) is 3.26. The third-order valence-electron chi connectivity index (χ3n) is 3.26. The van der Waals surface area contributed by atoms with Crippen molar-refractivity contribution in [1.82, 2.24) is 10.2 Å². The average molecular weight is 253 g/mol. The van der Waals surface area contributed by atoms with Gasteiger partial charge in [0.05, 0.1) is 7.11 Å². The van der Waals surface area contributed by atoms with E-state index < -0.39 is 0 Å². The molecule has 3 N–H and O–H groups in total. The molecule has 1 fully saturated rings. The summed E-state index contributed by atoms with van der Waals surface area (Å²) in [6.45, 7) is 4.64. The Morgan fingerprint density at radius 1 is 1.44 bits per heavy atom. The third kappa shape index (κ3) is 3.19. The van der Waals surface area contributed by atoms with Crippen molar-refractivity contribution in [3.8, 4) is 5.75 Å². The number of halogens is 1. The zero-order valence-corrected chi connectivity index (χ0v) is 10.7. The van der Waals surface area contributed by atoms with E-state index in [1.165, 1.54) is 12.1 Å². The van der Waals surface area contributed by atoms with Crippen LogP contribution in [0.15, 0.2) is 18.2 Å². The molecule has 5 heteroatoms. The second-order valence-electron chi connectivity index (χ2n) is 4.54. The van der Waals surface area contributed by atoms with E-state index in [4.69, 9.17) is 10.5 Å². The molecule has 1 unspecified atom stereocenters. The van der Waals surface area contributed by atoms with E-state index in [9.17, 15) is 4.39 Å². The van der Waals surface area contributed by atoms with Crippen LogP contribution in [0.25, 0.3) is 0 Å². The van der Waals surface area contributed by atoms with Crippen molar-refractivity contribution >= 4 is 0 Å². The van der Waals surface area contributed by atoms with E-state index >= 15 is 0 Å². The Balaban J connectivity index is 2.07. The SMILES string of the molecule is COc1ccc(F)cc1C(N)CN1CCNCC1. The van der Waals surface area contributed by atoms with Gasteiger partial charge in [-0.25, -0.2) is 4.39 Å². The van der Waals surface area contributed by atoms with Crippen LogP contribution >= 0.6 is 0 Å². The van der Waals surface area contributed by atoms with Crippen molar-refractivity contribution < 1.29 is 9.13 Å². The number of nitrogens with zero attached hydrogens (tertiary/aromatic N) is 1. The highest BCUT2D eigenvalue weighted by Crippen LogP contribution is 2.25. The van der Waals surface area contributed by atoms with Crippen molar-refractivity contribution in [3.05, 3.63) is 29.6 Å². The summed E-state index contributed by atoms with van der Waals surface area (Å²) in [5.74, 6) is 0.376. The van der Waals surface area contributed by atoms with Crippen molar-refractivity contribution in [2.24, 2.45) is 5.73 Å². The quantitative estimate of drug-likeness (QED) is 0.831. The maximum atomic E-state index is 13.3. The zero-order valence-electron chi connectivity index (χ0n) is 10.7. The highest BCUT2D eigenvalue weighted by atomic mass is 19.1. The van der Waals surface area contributed by atoms with Crippen molar-refractivity contribution in [2.75, 3.05) is 39.8 Å². The number of nitrogens with one attached hydrogen (secondary N) is 1. The van der Waals surface area contributed by atoms with Gasteiger partial charge in [-0.15, -0.1) is 0 Å². The molecule has 1 heterocycles. The Morgan fingerprint density at radius 3 is 2.83 bits per heavy atom. The van der Waals surface area contributed by atoms with E-state index in [0.29, 0.717) is 5.75 Å². The predicted molar refractivity (Wildman–Crippen MR) is 69.2 cm³/mol. The van der Waals surface area contributed by atoms with Crippen LogP contribution in [-0.4, -0.2) is 44.7 Å². The maximum Gasteiger partial charge on any atom is 0.123 e. The van der Waals surface area contributed by atoms with Gasteiger partial charge in [-0.3, -0.25) is 4.90 Å². The summed E-state index contributed by atoms with van der Waals surface area (Å²) in [6.07, 6.45) is 0. The number of methoxy groups -OCH3 is 1. The van der Waals surface area contributed by atoms with Gasteiger partial charge in [0.1, 0.15) is 11.6 Å². The van der Waals surface area contributed by atoms with Crippen LogP contribution in [0.1, 0.15) is 11.6 Å². The molecular formula is C13H20FN3O. The number of benzene rings is 1. The Kier molecular flexibility index (Phi) is 4.52. The lowest BCUT2D eigenvalue weighted by molar-refractivity contribution is 0.226. The number of hydrogen-bond acceptors (Lipinski definition) is 4. The smallest absolute Gasteiger partial charge is 0.123 e. The van der Waals surface area contributed by atoms with Gasteiger partial charge >= 0.3 is 0 Å². The summed E-state index contributed by atoms with van der Waals surface area (Å²) in [4.78, 5) is 2.28. The van der Waals surface area contributed by atoms with E-state index in [0.717, 1.165) is 38.3 Å². The first-order valence-corrected chi connectivity index (χ1v) is 6.23. The lowest BCUT2D eigenvalue weighted by Crippen LogP contribution is -2.46. The fourth-order valence-electron chi connectivity index (χ4n) is 2.27. The molecule has 0 bridgehead atoms. The van der Waals surface area contributed by atoms with Crippen molar-refractivity contribution in [3.63, 3.8) is 0 Å². The van der Waals surface area contributed by atoms with E-state index in [-0.39, 0.29) is 11.9 Å². The van der Waals surface area contributed by atoms with E-state index in [1.807, 2.05) is 0 Å². The largest absolute Gasteiger partial charge is 0.496 e. The highest BCUT2D eigenvalue weighted by molar-refractivity contribution is 5.36. The Hall–Kier alpha value is -1.17. The van der Waals surface area contributed by atoms with Crippen molar-refractivity contribution in [1.29, 1.82) is 0 Å². The number of piperazine rings is 1. The molecule has 4 nitrogen and oxygen atoms in total. The standard InChI is InChI=1S/C13H20FN3O/c1-18-13-3-2-10(14)8-11(13)12(15)9-17-6-4-16-5-7-17/h2-3,8,12,16H,4-7,9,15H2,1H3. The van der Waals surface area contributed by atoms with Gasteiger partial charge in [0.25, 0.3) is 0 Å². The van der Waals surface area contributed by atoms with Crippen LogP contribution < -0.4 is 15.8 Å². The normalized spacial score (nSPS) is 18.6. The maximum absolute atomic E-state index is 13.3. The van der Waals surface area contributed by atoms with Crippen LogP contribution in [0.3, 0.4) is 0 Å².